The molecule has 16 heavy (non-hydrogen) atoms. The molecule has 0 unspecified atom stereocenters. The van der Waals surface area contributed by atoms with E-state index in [1.54, 1.807) is 0 Å². The quantitative estimate of drug-likeness (QED) is 0.646. The predicted octanol–water partition coefficient (Wildman–Crippen LogP) is 2.27. The van der Waals surface area contributed by atoms with Crippen LogP contribution in [0.5, 0.6) is 0 Å². The first-order chi connectivity index (χ1) is 7.47. The molecule has 0 aromatic carbocycles. The zero-order valence-corrected chi connectivity index (χ0v) is 11.6. The number of hydrogen-bond acceptors (Lipinski definition) is 2. The second-order valence-corrected chi connectivity index (χ2v) is 4.87. The number of carbonyl (C=O) groups is 1. The van der Waals surface area contributed by atoms with Crippen molar-refractivity contribution in [3.63, 3.8) is 0 Å². The number of carbonyl (C=O) groups excluding carboxylic acids is 1. The van der Waals surface area contributed by atoms with Gasteiger partial charge in [0.15, 0.2) is 0 Å². The van der Waals surface area contributed by atoms with Crippen molar-refractivity contribution in [3.05, 3.63) is 0 Å². The Balaban J connectivity index is 3.71. The van der Waals surface area contributed by atoms with Gasteiger partial charge in [0, 0.05) is 12.0 Å². The fraction of sp³-hybridized carbons (Fsp3) is 0.923. The highest BCUT2D eigenvalue weighted by Gasteiger charge is 2.24. The van der Waals surface area contributed by atoms with E-state index >= 15 is 0 Å². The van der Waals surface area contributed by atoms with Gasteiger partial charge in [0.2, 0.25) is 5.91 Å². The second-order valence-electron chi connectivity index (χ2n) is 4.87. The van der Waals surface area contributed by atoms with Crippen LogP contribution in [0.25, 0.3) is 0 Å². The smallest absolute Gasteiger partial charge is 0.225 e. The molecule has 0 bridgehead atoms. The topological polar surface area (TPSA) is 32.3 Å². The lowest BCUT2D eigenvalue weighted by Crippen LogP contribution is -2.38. The highest BCUT2D eigenvalue weighted by molar-refractivity contribution is 5.81. The summed E-state index contributed by atoms with van der Waals surface area (Å²) in [5.74, 6) is 0.176. The van der Waals surface area contributed by atoms with Gasteiger partial charge in [0.1, 0.15) is 0 Å². The second kappa shape index (κ2) is 7.66. The van der Waals surface area contributed by atoms with E-state index in [1.807, 2.05) is 13.8 Å². The number of nitrogens with zero attached hydrogens (tertiary/aromatic N) is 1. The molecule has 0 saturated carbocycles. The van der Waals surface area contributed by atoms with E-state index < -0.39 is 0 Å². The minimum absolute atomic E-state index is 0.176. The van der Waals surface area contributed by atoms with Crippen molar-refractivity contribution in [2.75, 3.05) is 26.2 Å². The average molecular weight is 228 g/mol. The third kappa shape index (κ3) is 5.50. The summed E-state index contributed by atoms with van der Waals surface area (Å²) in [5, 5.41) is 3.01. The summed E-state index contributed by atoms with van der Waals surface area (Å²) in [4.78, 5) is 14.1. The van der Waals surface area contributed by atoms with Gasteiger partial charge in [-0.25, -0.2) is 0 Å². The molecule has 0 aromatic rings. The van der Waals surface area contributed by atoms with Crippen LogP contribution >= 0.6 is 0 Å². The van der Waals surface area contributed by atoms with Gasteiger partial charge in [-0.05, 0) is 32.5 Å². The predicted molar refractivity (Wildman–Crippen MR) is 69.5 cm³/mol. The van der Waals surface area contributed by atoms with Crippen LogP contribution in [-0.4, -0.2) is 37.0 Å². The van der Waals surface area contributed by atoms with Gasteiger partial charge in [-0.2, -0.15) is 0 Å². The zero-order valence-electron chi connectivity index (χ0n) is 11.6. The standard InChI is InChI=1S/C13H28N2O/c1-6-13(4,5)12(16)14-10-9-11-15(7-2)8-3/h6-11H2,1-5H3,(H,14,16). The van der Waals surface area contributed by atoms with E-state index in [0.29, 0.717) is 0 Å². The molecular weight excluding hydrogens is 200 g/mol. The van der Waals surface area contributed by atoms with Crippen molar-refractivity contribution in [2.45, 2.75) is 47.5 Å². The molecule has 3 nitrogen and oxygen atoms in total. The third-order valence-electron chi connectivity index (χ3n) is 3.33. The Morgan fingerprint density at radius 1 is 1.19 bits per heavy atom. The molecule has 1 amide bonds. The van der Waals surface area contributed by atoms with E-state index in [0.717, 1.165) is 39.0 Å². The molecule has 0 rings (SSSR count). The lowest BCUT2D eigenvalue weighted by Gasteiger charge is -2.22. The van der Waals surface area contributed by atoms with Crippen molar-refractivity contribution in [1.29, 1.82) is 0 Å². The lowest BCUT2D eigenvalue weighted by atomic mass is 9.89. The summed E-state index contributed by atoms with van der Waals surface area (Å²) in [6.07, 6.45) is 1.92. The number of amides is 1. The van der Waals surface area contributed by atoms with E-state index in [1.165, 1.54) is 0 Å². The maximum Gasteiger partial charge on any atom is 0.225 e. The molecule has 0 aliphatic carbocycles. The fourth-order valence-corrected chi connectivity index (χ4v) is 1.44. The number of nitrogens with one attached hydrogen (secondary N) is 1. The van der Waals surface area contributed by atoms with E-state index in [2.05, 4.69) is 31.0 Å². The molecule has 0 aliphatic rings. The van der Waals surface area contributed by atoms with Crippen molar-refractivity contribution in [1.82, 2.24) is 10.2 Å². The van der Waals surface area contributed by atoms with E-state index in [-0.39, 0.29) is 11.3 Å². The SMILES string of the molecule is CCN(CC)CCCNC(=O)C(C)(C)CC. The Bertz CT molecular complexity index is 198. The monoisotopic (exact) mass is 228 g/mol. The van der Waals surface area contributed by atoms with Crippen molar-refractivity contribution >= 4 is 5.91 Å². The number of rotatable bonds is 8. The van der Waals surface area contributed by atoms with E-state index in [9.17, 15) is 4.79 Å². The van der Waals surface area contributed by atoms with Crippen LogP contribution in [0.3, 0.4) is 0 Å². The van der Waals surface area contributed by atoms with Gasteiger partial charge >= 0.3 is 0 Å². The summed E-state index contributed by atoms with van der Waals surface area (Å²) in [7, 11) is 0. The Morgan fingerprint density at radius 3 is 2.19 bits per heavy atom. The van der Waals surface area contributed by atoms with Gasteiger partial charge in [0.05, 0.1) is 0 Å². The molecule has 96 valence electrons. The van der Waals surface area contributed by atoms with Crippen molar-refractivity contribution < 1.29 is 4.79 Å². The first kappa shape index (κ1) is 15.4. The molecule has 0 atom stereocenters. The first-order valence-corrected chi connectivity index (χ1v) is 6.48. The normalized spacial score (nSPS) is 11.9. The zero-order chi connectivity index (χ0) is 12.6. The van der Waals surface area contributed by atoms with Crippen molar-refractivity contribution in [3.8, 4) is 0 Å². The Kier molecular flexibility index (Phi) is 7.39. The van der Waals surface area contributed by atoms with Gasteiger partial charge in [-0.1, -0.05) is 34.6 Å². The molecule has 1 N–H and O–H groups in total. The summed E-state index contributed by atoms with van der Waals surface area (Å²) >= 11 is 0. The van der Waals surface area contributed by atoms with Gasteiger partial charge in [-0.15, -0.1) is 0 Å². The van der Waals surface area contributed by atoms with Gasteiger partial charge in [0.25, 0.3) is 0 Å². The molecule has 0 heterocycles. The largest absolute Gasteiger partial charge is 0.356 e. The summed E-state index contributed by atoms with van der Waals surface area (Å²) in [6.45, 7) is 14.4. The third-order valence-corrected chi connectivity index (χ3v) is 3.33. The molecule has 0 saturated heterocycles. The van der Waals surface area contributed by atoms with Crippen LogP contribution in [0.2, 0.25) is 0 Å². The van der Waals surface area contributed by atoms with Crippen LogP contribution in [0.1, 0.15) is 47.5 Å². The highest BCUT2D eigenvalue weighted by Crippen LogP contribution is 2.19. The summed E-state index contributed by atoms with van der Waals surface area (Å²) < 4.78 is 0. The van der Waals surface area contributed by atoms with Crippen LogP contribution in [0.4, 0.5) is 0 Å². The molecular formula is C13H28N2O. The molecule has 0 aliphatic heterocycles. The summed E-state index contributed by atoms with van der Waals surface area (Å²) in [6, 6.07) is 0. The maximum absolute atomic E-state index is 11.8. The van der Waals surface area contributed by atoms with Crippen LogP contribution < -0.4 is 5.32 Å². The molecule has 0 aromatic heterocycles. The molecule has 0 spiro atoms. The minimum Gasteiger partial charge on any atom is -0.356 e. The first-order valence-electron chi connectivity index (χ1n) is 6.48. The summed E-state index contributed by atoms with van der Waals surface area (Å²) in [5.41, 5.74) is -0.227. The van der Waals surface area contributed by atoms with Crippen LogP contribution in [0, 0.1) is 5.41 Å². The van der Waals surface area contributed by atoms with Crippen molar-refractivity contribution in [2.24, 2.45) is 5.41 Å². The van der Waals surface area contributed by atoms with E-state index in [4.69, 9.17) is 0 Å². The Labute approximate surface area is 101 Å². The maximum atomic E-state index is 11.8. The lowest BCUT2D eigenvalue weighted by molar-refractivity contribution is -0.129. The fourth-order valence-electron chi connectivity index (χ4n) is 1.44. The van der Waals surface area contributed by atoms with Crippen LogP contribution in [0.15, 0.2) is 0 Å². The highest BCUT2D eigenvalue weighted by atomic mass is 16.2. The Hall–Kier alpha value is -0.570. The average Bonchev–Trinajstić information content (AvgIpc) is 2.29. The molecule has 0 fully saturated rings. The molecule has 0 radical (unpaired) electrons. The van der Waals surface area contributed by atoms with Gasteiger partial charge in [-0.3, -0.25) is 4.79 Å². The minimum atomic E-state index is -0.227. The number of hydrogen-bond donors (Lipinski definition) is 1. The van der Waals surface area contributed by atoms with Crippen LogP contribution in [-0.2, 0) is 4.79 Å². The van der Waals surface area contributed by atoms with Gasteiger partial charge < -0.3 is 10.2 Å². The molecule has 3 heteroatoms. The Morgan fingerprint density at radius 2 is 1.75 bits per heavy atom.